The number of amides is 2. The number of hydrogen-bond donors (Lipinski definition) is 1. The Morgan fingerprint density at radius 2 is 1.63 bits per heavy atom. The number of rotatable bonds is 11. The maximum Gasteiger partial charge on any atom is 0.243 e. The van der Waals surface area contributed by atoms with Crippen molar-refractivity contribution in [1.29, 1.82) is 0 Å². The molecule has 0 saturated heterocycles. The SMILES string of the molecule is COc1cccc(CN(C(=O)Cc2ccccc2F)C(Cc2ccccc2)C(=O)NCC(C)C)c1. The molecule has 6 heteroatoms. The molecule has 3 aromatic carbocycles. The number of ether oxygens (including phenoxy) is 1. The van der Waals surface area contributed by atoms with Gasteiger partial charge in [0, 0.05) is 19.5 Å². The minimum absolute atomic E-state index is 0.139. The van der Waals surface area contributed by atoms with Gasteiger partial charge in [-0.05, 0) is 40.8 Å². The van der Waals surface area contributed by atoms with Gasteiger partial charge in [0.2, 0.25) is 11.8 Å². The summed E-state index contributed by atoms with van der Waals surface area (Å²) in [6.45, 7) is 4.73. The van der Waals surface area contributed by atoms with Gasteiger partial charge in [0.15, 0.2) is 0 Å². The third kappa shape index (κ3) is 7.67. The van der Waals surface area contributed by atoms with Crippen molar-refractivity contribution >= 4 is 11.8 Å². The van der Waals surface area contributed by atoms with Crippen LogP contribution in [-0.2, 0) is 29.0 Å². The van der Waals surface area contributed by atoms with Gasteiger partial charge in [-0.25, -0.2) is 4.39 Å². The van der Waals surface area contributed by atoms with Crippen LogP contribution < -0.4 is 10.1 Å². The highest BCUT2D eigenvalue weighted by molar-refractivity contribution is 5.88. The molecular weight excluding hydrogens is 443 g/mol. The third-order valence-corrected chi connectivity index (χ3v) is 5.74. The summed E-state index contributed by atoms with van der Waals surface area (Å²) in [4.78, 5) is 28.6. The molecule has 1 atom stereocenters. The minimum atomic E-state index is -0.762. The fraction of sp³-hybridized carbons (Fsp3) is 0.310. The van der Waals surface area contributed by atoms with Gasteiger partial charge >= 0.3 is 0 Å². The highest BCUT2D eigenvalue weighted by Crippen LogP contribution is 2.20. The van der Waals surface area contributed by atoms with Gasteiger partial charge in [-0.2, -0.15) is 0 Å². The molecule has 2 amide bonds. The first-order valence-electron chi connectivity index (χ1n) is 11.8. The van der Waals surface area contributed by atoms with Gasteiger partial charge in [-0.1, -0.05) is 74.5 Å². The van der Waals surface area contributed by atoms with Crippen LogP contribution in [0.2, 0.25) is 0 Å². The van der Waals surface area contributed by atoms with Gasteiger partial charge in [-0.3, -0.25) is 9.59 Å². The topological polar surface area (TPSA) is 58.6 Å². The van der Waals surface area contributed by atoms with E-state index in [0.29, 0.717) is 24.3 Å². The average molecular weight is 477 g/mol. The number of hydrogen-bond acceptors (Lipinski definition) is 3. The summed E-state index contributed by atoms with van der Waals surface area (Å²) >= 11 is 0. The number of nitrogens with one attached hydrogen (secondary N) is 1. The van der Waals surface area contributed by atoms with Crippen molar-refractivity contribution in [1.82, 2.24) is 10.2 Å². The molecule has 1 unspecified atom stereocenters. The Labute approximate surface area is 206 Å². The van der Waals surface area contributed by atoms with Gasteiger partial charge in [0.25, 0.3) is 0 Å². The Kier molecular flexibility index (Phi) is 9.41. The van der Waals surface area contributed by atoms with E-state index in [9.17, 15) is 14.0 Å². The van der Waals surface area contributed by atoms with Crippen LogP contribution in [0.15, 0.2) is 78.9 Å². The summed E-state index contributed by atoms with van der Waals surface area (Å²) < 4.78 is 19.7. The molecule has 3 aromatic rings. The number of carbonyl (C=O) groups excluding carboxylic acids is 2. The Bertz CT molecular complexity index is 1120. The van der Waals surface area contributed by atoms with Crippen LogP contribution in [-0.4, -0.2) is 36.4 Å². The van der Waals surface area contributed by atoms with E-state index in [1.165, 1.54) is 6.07 Å². The molecule has 0 aromatic heterocycles. The number of benzene rings is 3. The quantitative estimate of drug-likeness (QED) is 0.433. The molecular formula is C29H33FN2O3. The van der Waals surface area contributed by atoms with E-state index in [2.05, 4.69) is 5.32 Å². The van der Waals surface area contributed by atoms with Crippen LogP contribution in [0.1, 0.15) is 30.5 Å². The predicted molar refractivity (Wildman–Crippen MR) is 135 cm³/mol. The normalized spacial score (nSPS) is 11.7. The van der Waals surface area contributed by atoms with E-state index in [4.69, 9.17) is 4.74 Å². The average Bonchev–Trinajstić information content (AvgIpc) is 2.86. The maximum absolute atomic E-state index is 14.4. The molecule has 0 spiro atoms. The summed E-state index contributed by atoms with van der Waals surface area (Å²) in [5.41, 5.74) is 2.06. The van der Waals surface area contributed by atoms with Crippen molar-refractivity contribution in [2.75, 3.05) is 13.7 Å². The molecule has 0 aliphatic rings. The van der Waals surface area contributed by atoms with Crippen LogP contribution in [0.25, 0.3) is 0 Å². The first-order chi connectivity index (χ1) is 16.9. The Balaban J connectivity index is 1.98. The molecule has 0 heterocycles. The zero-order chi connectivity index (χ0) is 25.2. The zero-order valence-electron chi connectivity index (χ0n) is 20.5. The zero-order valence-corrected chi connectivity index (χ0v) is 20.5. The van der Waals surface area contributed by atoms with E-state index in [1.807, 2.05) is 68.4 Å². The molecule has 3 rings (SSSR count). The molecule has 35 heavy (non-hydrogen) atoms. The summed E-state index contributed by atoms with van der Waals surface area (Å²) in [6.07, 6.45) is 0.205. The predicted octanol–water partition coefficient (Wildman–Crippen LogP) is 4.79. The van der Waals surface area contributed by atoms with Crippen molar-refractivity contribution in [3.8, 4) is 5.75 Å². The lowest BCUT2D eigenvalue weighted by atomic mass is 10.0. The molecule has 184 valence electrons. The van der Waals surface area contributed by atoms with E-state index in [-0.39, 0.29) is 30.7 Å². The van der Waals surface area contributed by atoms with Gasteiger partial charge < -0.3 is 15.0 Å². The Morgan fingerprint density at radius 1 is 0.943 bits per heavy atom. The van der Waals surface area contributed by atoms with Gasteiger partial charge in [0.05, 0.1) is 13.5 Å². The number of carbonyl (C=O) groups is 2. The van der Waals surface area contributed by atoms with Gasteiger partial charge in [0.1, 0.15) is 17.6 Å². The standard InChI is InChI=1S/C29H33FN2O3/c1-21(2)19-31-29(34)27(17-22-10-5-4-6-11-22)32(20-23-12-9-14-25(16-23)35-3)28(33)18-24-13-7-8-15-26(24)30/h4-16,21,27H,17-20H2,1-3H3,(H,31,34). The molecule has 0 aliphatic carbocycles. The van der Waals surface area contributed by atoms with Crippen LogP contribution in [0.5, 0.6) is 5.75 Å². The molecule has 0 fully saturated rings. The fourth-order valence-electron chi connectivity index (χ4n) is 3.85. The highest BCUT2D eigenvalue weighted by Gasteiger charge is 2.31. The van der Waals surface area contributed by atoms with Gasteiger partial charge in [-0.15, -0.1) is 0 Å². The smallest absolute Gasteiger partial charge is 0.243 e. The second-order valence-corrected chi connectivity index (χ2v) is 8.99. The van der Waals surface area contributed by atoms with Crippen LogP contribution >= 0.6 is 0 Å². The Hall–Kier alpha value is -3.67. The number of halogens is 1. The lowest BCUT2D eigenvalue weighted by molar-refractivity contribution is -0.140. The minimum Gasteiger partial charge on any atom is -0.497 e. The van der Waals surface area contributed by atoms with E-state index >= 15 is 0 Å². The maximum atomic E-state index is 14.4. The van der Waals surface area contributed by atoms with Crippen molar-refractivity contribution in [3.63, 3.8) is 0 Å². The second kappa shape index (κ2) is 12.7. The molecule has 1 N–H and O–H groups in total. The molecule has 0 saturated carbocycles. The fourth-order valence-corrected chi connectivity index (χ4v) is 3.85. The first-order valence-corrected chi connectivity index (χ1v) is 11.8. The van der Waals surface area contributed by atoms with E-state index < -0.39 is 11.9 Å². The summed E-state index contributed by atoms with van der Waals surface area (Å²) in [7, 11) is 1.58. The lowest BCUT2D eigenvalue weighted by Gasteiger charge is -2.32. The summed E-state index contributed by atoms with van der Waals surface area (Å²) in [5.74, 6) is -0.0675. The number of methoxy groups -OCH3 is 1. The van der Waals surface area contributed by atoms with Crippen LogP contribution in [0, 0.1) is 11.7 Å². The lowest BCUT2D eigenvalue weighted by Crippen LogP contribution is -2.51. The van der Waals surface area contributed by atoms with Crippen molar-refractivity contribution in [2.24, 2.45) is 5.92 Å². The third-order valence-electron chi connectivity index (χ3n) is 5.74. The van der Waals surface area contributed by atoms with Crippen molar-refractivity contribution in [3.05, 3.63) is 101 Å². The second-order valence-electron chi connectivity index (χ2n) is 8.99. The highest BCUT2D eigenvalue weighted by atomic mass is 19.1. The molecule has 0 bridgehead atoms. The van der Waals surface area contributed by atoms with Crippen LogP contribution in [0.4, 0.5) is 4.39 Å². The molecule has 0 radical (unpaired) electrons. The first kappa shape index (κ1) is 25.9. The molecule has 0 aliphatic heterocycles. The summed E-state index contributed by atoms with van der Waals surface area (Å²) in [5, 5.41) is 2.99. The largest absolute Gasteiger partial charge is 0.497 e. The monoisotopic (exact) mass is 476 g/mol. The summed E-state index contributed by atoms with van der Waals surface area (Å²) in [6, 6.07) is 22.5. The van der Waals surface area contributed by atoms with Crippen molar-refractivity contribution < 1.29 is 18.7 Å². The van der Waals surface area contributed by atoms with E-state index in [0.717, 1.165) is 11.1 Å². The van der Waals surface area contributed by atoms with Crippen LogP contribution in [0.3, 0.4) is 0 Å². The number of nitrogens with zero attached hydrogens (tertiary/aromatic N) is 1. The molecule has 5 nitrogen and oxygen atoms in total. The van der Waals surface area contributed by atoms with Crippen molar-refractivity contribution in [2.45, 2.75) is 39.3 Å². The van der Waals surface area contributed by atoms with E-state index in [1.54, 1.807) is 30.2 Å². The Morgan fingerprint density at radius 3 is 2.31 bits per heavy atom.